The maximum Gasteiger partial charge on any atom is 0.397 e. The summed E-state index contributed by atoms with van der Waals surface area (Å²) in [7, 11) is -4.50. The highest BCUT2D eigenvalue weighted by molar-refractivity contribution is 7.80. The minimum Gasteiger partial charge on any atom is -0.394 e. The van der Waals surface area contributed by atoms with E-state index in [9.17, 15) is 8.42 Å². The Morgan fingerprint density at radius 2 is 2.00 bits per heavy atom. The lowest BCUT2D eigenvalue weighted by Crippen LogP contribution is -2.21. The molecule has 7 heteroatoms. The van der Waals surface area contributed by atoms with Crippen LogP contribution in [0.2, 0.25) is 0 Å². The summed E-state index contributed by atoms with van der Waals surface area (Å²) >= 11 is 0. The van der Waals surface area contributed by atoms with Crippen LogP contribution in [0.1, 0.15) is 6.92 Å². The highest BCUT2D eigenvalue weighted by Crippen LogP contribution is 1.88. The second-order valence-electron chi connectivity index (χ2n) is 1.96. The molecule has 0 saturated carbocycles. The summed E-state index contributed by atoms with van der Waals surface area (Å²) in [5.74, 6) is 0. The second-order valence-corrected chi connectivity index (χ2v) is 3.05. The van der Waals surface area contributed by atoms with Crippen molar-refractivity contribution in [1.82, 2.24) is 0 Å². The Labute approximate surface area is 77.4 Å². The van der Waals surface area contributed by atoms with Crippen molar-refractivity contribution < 1.29 is 27.4 Å². The van der Waals surface area contributed by atoms with Gasteiger partial charge in [-0.2, -0.15) is 8.42 Å². The average Bonchev–Trinajstić information content (AvgIpc) is 2.00. The molecule has 0 spiro atoms. The van der Waals surface area contributed by atoms with Gasteiger partial charge in [-0.05, 0) is 6.92 Å². The Bertz CT molecular complexity index is 209. The van der Waals surface area contributed by atoms with E-state index in [-0.39, 0.29) is 0 Å². The van der Waals surface area contributed by atoms with E-state index in [1.807, 2.05) is 6.92 Å². The molecule has 13 heavy (non-hydrogen) atoms. The molecule has 0 aliphatic rings. The van der Waals surface area contributed by atoms with Gasteiger partial charge < -0.3 is 10.2 Å². The van der Waals surface area contributed by atoms with E-state index < -0.39 is 29.7 Å². The minimum atomic E-state index is -4.50. The molecule has 3 N–H and O–H groups in total. The van der Waals surface area contributed by atoms with Gasteiger partial charge in [-0.3, -0.25) is 4.55 Å². The van der Waals surface area contributed by atoms with Crippen LogP contribution in [-0.4, -0.2) is 42.5 Å². The van der Waals surface area contributed by atoms with Gasteiger partial charge in [0.1, 0.15) is 6.10 Å². The Morgan fingerprint density at radius 3 is 2.23 bits per heavy atom. The van der Waals surface area contributed by atoms with Crippen LogP contribution in [0.15, 0.2) is 12.7 Å². The van der Waals surface area contributed by atoms with Crippen molar-refractivity contribution in [1.29, 1.82) is 0 Å². The lowest BCUT2D eigenvalue weighted by Gasteiger charge is -2.03. The van der Waals surface area contributed by atoms with Crippen molar-refractivity contribution in [3.8, 4) is 0 Å². The molecule has 1 unspecified atom stereocenters. The van der Waals surface area contributed by atoms with Gasteiger partial charge >= 0.3 is 10.4 Å². The van der Waals surface area contributed by atoms with Gasteiger partial charge in [0, 0.05) is 0 Å². The molecular weight excluding hydrogens is 200 g/mol. The fourth-order valence-electron chi connectivity index (χ4n) is 0.217. The molecule has 0 fully saturated rings. The Kier molecular flexibility index (Phi) is 9.41. The molecule has 0 radical (unpaired) electrons. The number of hydrogen-bond donors (Lipinski definition) is 3. The molecular formula is C6H14O6S. The van der Waals surface area contributed by atoms with Crippen molar-refractivity contribution in [3.63, 3.8) is 0 Å². The van der Waals surface area contributed by atoms with Crippen LogP contribution >= 0.6 is 0 Å². The minimum absolute atomic E-state index is 0.616. The van der Waals surface area contributed by atoms with Gasteiger partial charge in [0.2, 0.25) is 0 Å². The molecule has 0 bridgehead atoms. The van der Waals surface area contributed by atoms with Gasteiger partial charge in [0.15, 0.2) is 0 Å². The molecule has 6 nitrogen and oxygen atoms in total. The van der Waals surface area contributed by atoms with Gasteiger partial charge in [0.25, 0.3) is 0 Å². The Morgan fingerprint density at radius 1 is 1.62 bits per heavy atom. The molecule has 1 atom stereocenters. The normalized spacial score (nSPS) is 12.6. The van der Waals surface area contributed by atoms with Gasteiger partial charge in [-0.25, -0.2) is 4.18 Å². The molecule has 0 aromatic carbocycles. The first-order chi connectivity index (χ1) is 5.87. The molecule has 0 aromatic heterocycles. The fourth-order valence-corrected chi connectivity index (χ4v) is 0.546. The van der Waals surface area contributed by atoms with Crippen molar-refractivity contribution in [2.45, 2.75) is 13.0 Å². The summed E-state index contributed by atoms with van der Waals surface area (Å²) in [6, 6.07) is 0. The van der Waals surface area contributed by atoms with E-state index in [0.29, 0.717) is 0 Å². The molecule has 0 aromatic rings. The van der Waals surface area contributed by atoms with Crippen molar-refractivity contribution in [2.24, 2.45) is 0 Å². The van der Waals surface area contributed by atoms with Gasteiger partial charge in [0.05, 0.1) is 13.2 Å². The standard InChI is InChI=1S/C3H8O6S.C3H6/c4-1-3(5)2-9-10(6,7)8;1-3-2/h3-5H,1-2H2,(H,6,7,8);3H,1H2,2H3. The van der Waals surface area contributed by atoms with E-state index in [4.69, 9.17) is 14.8 Å². The van der Waals surface area contributed by atoms with Crippen LogP contribution in [0.5, 0.6) is 0 Å². The predicted molar refractivity (Wildman–Crippen MR) is 46.5 cm³/mol. The van der Waals surface area contributed by atoms with Crippen LogP contribution in [0.25, 0.3) is 0 Å². The lowest BCUT2D eigenvalue weighted by molar-refractivity contribution is 0.0517. The zero-order chi connectivity index (χ0) is 10.9. The zero-order valence-corrected chi connectivity index (χ0v) is 8.07. The molecule has 0 heterocycles. The van der Waals surface area contributed by atoms with Crippen LogP contribution in [0, 0.1) is 0 Å². The van der Waals surface area contributed by atoms with E-state index in [2.05, 4.69) is 10.8 Å². The first kappa shape index (κ1) is 15.0. The molecule has 0 rings (SSSR count). The first-order valence-electron chi connectivity index (χ1n) is 3.35. The van der Waals surface area contributed by atoms with Crippen molar-refractivity contribution in [2.75, 3.05) is 13.2 Å². The first-order valence-corrected chi connectivity index (χ1v) is 4.71. The summed E-state index contributed by atoms with van der Waals surface area (Å²) in [6.45, 7) is 3.99. The van der Waals surface area contributed by atoms with Gasteiger partial charge in [-0.1, -0.05) is 6.08 Å². The Balaban J connectivity index is 0. The topological polar surface area (TPSA) is 104 Å². The van der Waals surface area contributed by atoms with Crippen LogP contribution in [0.3, 0.4) is 0 Å². The number of aliphatic hydroxyl groups is 2. The van der Waals surface area contributed by atoms with Crippen LogP contribution in [0.4, 0.5) is 0 Å². The van der Waals surface area contributed by atoms with Crippen LogP contribution < -0.4 is 0 Å². The SMILES string of the molecule is C=CC.O=S(=O)(O)OCC(O)CO. The third kappa shape index (κ3) is 18.5. The largest absolute Gasteiger partial charge is 0.397 e. The number of allylic oxidation sites excluding steroid dienone is 1. The quantitative estimate of drug-likeness (QED) is 0.424. The Hall–Kier alpha value is -0.470. The summed E-state index contributed by atoms with van der Waals surface area (Å²) in [6.07, 6.45) is 0.460. The number of rotatable bonds is 4. The fraction of sp³-hybridized carbons (Fsp3) is 0.667. The maximum atomic E-state index is 9.79. The number of hydrogen-bond acceptors (Lipinski definition) is 5. The smallest absolute Gasteiger partial charge is 0.394 e. The highest BCUT2D eigenvalue weighted by atomic mass is 32.3. The lowest BCUT2D eigenvalue weighted by atomic mass is 10.4. The number of aliphatic hydroxyl groups excluding tert-OH is 2. The monoisotopic (exact) mass is 214 g/mol. The average molecular weight is 214 g/mol. The van der Waals surface area contributed by atoms with Crippen molar-refractivity contribution >= 4 is 10.4 Å². The molecule has 0 aliphatic heterocycles. The van der Waals surface area contributed by atoms with E-state index in [1.165, 1.54) is 0 Å². The third-order valence-electron chi connectivity index (χ3n) is 0.620. The predicted octanol–water partition coefficient (Wildman–Crippen LogP) is -0.649. The summed E-state index contributed by atoms with van der Waals surface area (Å²) in [5.41, 5.74) is 0. The molecule has 0 saturated heterocycles. The van der Waals surface area contributed by atoms with E-state index in [1.54, 1.807) is 6.08 Å². The second kappa shape index (κ2) is 8.14. The summed E-state index contributed by atoms with van der Waals surface area (Å²) < 4.78 is 31.2. The molecule has 80 valence electrons. The molecule has 0 amide bonds. The third-order valence-corrected chi connectivity index (χ3v) is 1.05. The maximum absolute atomic E-state index is 9.79. The highest BCUT2D eigenvalue weighted by Gasteiger charge is 2.08. The summed E-state index contributed by atoms with van der Waals surface area (Å²) in [5, 5.41) is 16.6. The molecule has 0 aliphatic carbocycles. The van der Waals surface area contributed by atoms with E-state index in [0.717, 1.165) is 0 Å². The van der Waals surface area contributed by atoms with E-state index >= 15 is 0 Å². The summed E-state index contributed by atoms with van der Waals surface area (Å²) in [4.78, 5) is 0. The zero-order valence-electron chi connectivity index (χ0n) is 7.25. The van der Waals surface area contributed by atoms with Crippen LogP contribution in [-0.2, 0) is 14.6 Å². The van der Waals surface area contributed by atoms with Gasteiger partial charge in [-0.15, -0.1) is 6.58 Å². The van der Waals surface area contributed by atoms with Crippen molar-refractivity contribution in [3.05, 3.63) is 12.7 Å².